The summed E-state index contributed by atoms with van der Waals surface area (Å²) in [6, 6.07) is 0. The van der Waals surface area contributed by atoms with Crippen LogP contribution in [0.5, 0.6) is 0 Å². The highest BCUT2D eigenvalue weighted by Crippen LogP contribution is 2.00. The number of hydrogen-bond donors (Lipinski definition) is 3. The first-order valence-corrected chi connectivity index (χ1v) is 2.60. The SMILES string of the molecule is BC(N)(CC(=O)O)C(=O)O. The van der Waals surface area contributed by atoms with E-state index in [2.05, 4.69) is 0 Å². The van der Waals surface area contributed by atoms with Crippen molar-refractivity contribution in [3.05, 3.63) is 0 Å². The molecule has 4 N–H and O–H groups in total. The summed E-state index contributed by atoms with van der Waals surface area (Å²) in [4.78, 5) is 20.1. The number of nitrogens with two attached hydrogens (primary N) is 1. The predicted octanol–water partition coefficient (Wildman–Crippen LogP) is -2.17. The third-order valence-electron chi connectivity index (χ3n) is 1.01. The largest absolute Gasteiger partial charge is 0.481 e. The van der Waals surface area contributed by atoms with Crippen LogP contribution in [0.15, 0.2) is 0 Å². The van der Waals surface area contributed by atoms with Crippen LogP contribution in [-0.4, -0.2) is 35.4 Å². The molecule has 0 aromatic rings. The molecule has 0 heterocycles. The van der Waals surface area contributed by atoms with Gasteiger partial charge >= 0.3 is 11.9 Å². The van der Waals surface area contributed by atoms with Gasteiger partial charge in [0.15, 0.2) is 0 Å². The minimum atomic E-state index is -1.66. The molecule has 0 bridgehead atoms. The molecule has 0 fully saturated rings. The highest BCUT2D eigenvalue weighted by Gasteiger charge is 2.30. The molecule has 0 aromatic carbocycles. The Bertz CT molecular complexity index is 167. The average Bonchev–Trinajstić information content (AvgIpc) is 1.60. The Kier molecular flexibility index (Phi) is 2.42. The molecular weight excluding hydrogens is 137 g/mol. The van der Waals surface area contributed by atoms with Crippen LogP contribution in [0, 0.1) is 0 Å². The molecule has 0 rings (SSSR count). The van der Waals surface area contributed by atoms with Crippen molar-refractivity contribution >= 4 is 19.8 Å². The van der Waals surface area contributed by atoms with Gasteiger partial charge in [0.1, 0.15) is 7.85 Å². The fraction of sp³-hybridized carbons (Fsp3) is 0.500. The van der Waals surface area contributed by atoms with Crippen LogP contribution in [0.2, 0.25) is 0 Å². The van der Waals surface area contributed by atoms with E-state index in [9.17, 15) is 9.59 Å². The summed E-state index contributed by atoms with van der Waals surface area (Å²) in [6.07, 6.45) is -0.567. The van der Waals surface area contributed by atoms with E-state index in [1.165, 1.54) is 0 Å². The molecule has 1 unspecified atom stereocenters. The maximum Gasteiger partial charge on any atom is 0.315 e. The summed E-state index contributed by atoms with van der Waals surface area (Å²) >= 11 is 0. The number of aliphatic carboxylic acids is 2. The van der Waals surface area contributed by atoms with Crippen molar-refractivity contribution in [2.75, 3.05) is 0 Å². The molecule has 0 saturated heterocycles. The van der Waals surface area contributed by atoms with Crippen LogP contribution in [0.4, 0.5) is 0 Å². The number of carbonyl (C=O) groups is 2. The van der Waals surface area contributed by atoms with Crippen molar-refractivity contribution in [2.24, 2.45) is 5.73 Å². The molecule has 10 heavy (non-hydrogen) atoms. The maximum absolute atomic E-state index is 10.2. The highest BCUT2D eigenvalue weighted by molar-refractivity contribution is 6.27. The van der Waals surface area contributed by atoms with Crippen LogP contribution < -0.4 is 5.73 Å². The first kappa shape index (κ1) is 8.96. The fourth-order valence-electron chi connectivity index (χ4n) is 0.390. The maximum atomic E-state index is 10.2. The van der Waals surface area contributed by atoms with E-state index < -0.39 is 23.8 Å². The summed E-state index contributed by atoms with van der Waals surface area (Å²) in [5, 5.41) is 16.5. The molecular formula is C4H8BNO4. The van der Waals surface area contributed by atoms with Gasteiger partial charge in [-0.3, -0.25) is 9.59 Å². The van der Waals surface area contributed by atoms with Gasteiger partial charge < -0.3 is 15.9 Å². The summed E-state index contributed by atoms with van der Waals surface area (Å²) in [5.41, 5.74) is 3.42. The molecule has 0 aromatic heterocycles. The first-order chi connectivity index (χ1) is 4.36. The van der Waals surface area contributed by atoms with Crippen LogP contribution in [0.25, 0.3) is 0 Å². The molecule has 56 valence electrons. The van der Waals surface area contributed by atoms with E-state index in [1.54, 1.807) is 0 Å². The van der Waals surface area contributed by atoms with Crippen LogP contribution in [0.1, 0.15) is 6.42 Å². The summed E-state index contributed by atoms with van der Waals surface area (Å²) < 4.78 is 0. The minimum Gasteiger partial charge on any atom is -0.481 e. The van der Waals surface area contributed by atoms with Crippen LogP contribution in [0.3, 0.4) is 0 Å². The Hall–Kier alpha value is -1.04. The zero-order valence-electron chi connectivity index (χ0n) is 5.50. The summed E-state index contributed by atoms with van der Waals surface area (Å²) in [7, 11) is 1.16. The van der Waals surface area contributed by atoms with Gasteiger partial charge in [-0.25, -0.2) is 0 Å². The lowest BCUT2D eigenvalue weighted by molar-refractivity contribution is -0.146. The molecule has 5 nitrogen and oxygen atoms in total. The summed E-state index contributed by atoms with van der Waals surface area (Å²) in [6.45, 7) is 0. The molecule has 0 spiro atoms. The predicted molar refractivity (Wildman–Crippen MR) is 35.4 cm³/mol. The second kappa shape index (κ2) is 2.70. The van der Waals surface area contributed by atoms with Crippen molar-refractivity contribution in [1.82, 2.24) is 0 Å². The van der Waals surface area contributed by atoms with E-state index in [4.69, 9.17) is 15.9 Å². The molecule has 0 aliphatic rings. The lowest BCUT2D eigenvalue weighted by Crippen LogP contribution is -2.50. The normalized spacial score (nSPS) is 15.7. The average molecular weight is 145 g/mol. The van der Waals surface area contributed by atoms with Gasteiger partial charge in [-0.2, -0.15) is 0 Å². The van der Waals surface area contributed by atoms with Gasteiger partial charge in [-0.05, 0) is 0 Å². The van der Waals surface area contributed by atoms with Crippen molar-refractivity contribution in [3.8, 4) is 0 Å². The quantitative estimate of drug-likeness (QED) is 0.392. The first-order valence-electron chi connectivity index (χ1n) is 2.60. The number of hydrogen-bond acceptors (Lipinski definition) is 3. The topological polar surface area (TPSA) is 101 Å². The van der Waals surface area contributed by atoms with Crippen molar-refractivity contribution in [1.29, 1.82) is 0 Å². The van der Waals surface area contributed by atoms with Gasteiger partial charge in [0.05, 0.1) is 11.9 Å². The molecule has 0 saturated carbocycles. The lowest BCUT2D eigenvalue weighted by atomic mass is 9.76. The van der Waals surface area contributed by atoms with E-state index in [1.807, 2.05) is 0 Å². The molecule has 1 atom stereocenters. The van der Waals surface area contributed by atoms with Crippen molar-refractivity contribution in [3.63, 3.8) is 0 Å². The molecule has 0 aliphatic heterocycles. The van der Waals surface area contributed by atoms with E-state index in [-0.39, 0.29) is 0 Å². The van der Waals surface area contributed by atoms with E-state index in [0.717, 1.165) is 7.85 Å². The second-order valence-corrected chi connectivity index (χ2v) is 2.29. The van der Waals surface area contributed by atoms with Crippen molar-refractivity contribution < 1.29 is 19.8 Å². The third kappa shape index (κ3) is 2.50. The standard InChI is InChI=1S/C4H8BNO4/c5-4(6,3(9)10)1-2(7)8/h1,5-6H2,(H,7,8)(H,9,10). The zero-order chi connectivity index (χ0) is 8.36. The van der Waals surface area contributed by atoms with Gasteiger partial charge in [-0.1, -0.05) is 0 Å². The Morgan fingerprint density at radius 1 is 1.50 bits per heavy atom. The minimum absolute atomic E-state index is 0.567. The van der Waals surface area contributed by atoms with Crippen molar-refractivity contribution in [2.45, 2.75) is 11.9 Å². The molecule has 0 radical (unpaired) electrons. The van der Waals surface area contributed by atoms with E-state index in [0.29, 0.717) is 0 Å². The Morgan fingerprint density at radius 3 is 2.00 bits per heavy atom. The number of rotatable bonds is 3. The number of carboxylic acids is 2. The smallest absolute Gasteiger partial charge is 0.315 e. The molecule has 6 heteroatoms. The Labute approximate surface area is 58.2 Å². The Balaban J connectivity index is 4.13. The van der Waals surface area contributed by atoms with Gasteiger partial charge in [0, 0.05) is 0 Å². The van der Waals surface area contributed by atoms with Gasteiger partial charge in [-0.15, -0.1) is 0 Å². The van der Waals surface area contributed by atoms with Gasteiger partial charge in [0.2, 0.25) is 0 Å². The second-order valence-electron chi connectivity index (χ2n) is 2.29. The fourth-order valence-corrected chi connectivity index (χ4v) is 0.390. The number of carboxylic acid groups (broad SMARTS) is 2. The zero-order valence-corrected chi connectivity index (χ0v) is 5.50. The van der Waals surface area contributed by atoms with Crippen LogP contribution in [-0.2, 0) is 9.59 Å². The van der Waals surface area contributed by atoms with Crippen LogP contribution >= 0.6 is 0 Å². The lowest BCUT2D eigenvalue weighted by Gasteiger charge is -2.15. The third-order valence-corrected chi connectivity index (χ3v) is 1.01. The Morgan fingerprint density at radius 2 is 1.90 bits per heavy atom. The molecule has 0 aliphatic carbocycles. The highest BCUT2D eigenvalue weighted by atomic mass is 16.4. The summed E-state index contributed by atoms with van der Waals surface area (Å²) in [5.74, 6) is -2.53. The van der Waals surface area contributed by atoms with Gasteiger partial charge in [0.25, 0.3) is 0 Å². The molecule has 0 amide bonds. The monoisotopic (exact) mass is 145 g/mol. The van der Waals surface area contributed by atoms with E-state index >= 15 is 0 Å².